The molecule has 0 aliphatic heterocycles. The summed E-state index contributed by atoms with van der Waals surface area (Å²) in [4.78, 5) is 12.8. The Labute approximate surface area is 71.5 Å². The molecule has 3 N–H and O–H groups in total. The molecule has 4 nitrogen and oxygen atoms in total. The van der Waals surface area contributed by atoms with E-state index in [0.29, 0.717) is 0 Å². The van der Waals surface area contributed by atoms with Crippen molar-refractivity contribution in [3.8, 4) is 5.75 Å². The molecule has 0 bridgehead atoms. The van der Waals surface area contributed by atoms with E-state index in [-0.39, 0.29) is 0 Å². The first-order chi connectivity index (χ1) is 6.07. The van der Waals surface area contributed by atoms with Gasteiger partial charge in [0.25, 0.3) is 12.0 Å². The third kappa shape index (κ3) is 1.67. The lowest BCUT2D eigenvalue weighted by Crippen LogP contribution is -2.13. The van der Waals surface area contributed by atoms with Crippen molar-refractivity contribution in [2.24, 2.45) is 0 Å². The average molecular weight is 191 g/mol. The number of pyridine rings is 1. The molecule has 13 heavy (non-hydrogen) atoms. The fourth-order valence-electron chi connectivity index (χ4n) is 0.894. The Bertz CT molecular complexity index is 361. The lowest BCUT2D eigenvalue weighted by molar-refractivity contribution is 0.146. The largest absolute Gasteiger partial charge is 0.507 e. The molecule has 1 rings (SSSR count). The quantitative estimate of drug-likeness (QED) is 0.637. The van der Waals surface area contributed by atoms with Crippen molar-refractivity contribution >= 4 is 0 Å². The van der Waals surface area contributed by atoms with Crippen molar-refractivity contribution < 1.29 is 19.0 Å². The second-order valence-electron chi connectivity index (χ2n) is 2.36. The number of aromatic amines is 1. The zero-order valence-electron chi connectivity index (χ0n) is 6.42. The summed E-state index contributed by atoms with van der Waals surface area (Å²) in [6.45, 7) is -0.776. The number of aliphatic hydroxyl groups excluding tert-OH is 1. The summed E-state index contributed by atoms with van der Waals surface area (Å²) in [5, 5.41) is 17.7. The first-order valence-electron chi connectivity index (χ1n) is 3.40. The molecule has 6 heteroatoms. The molecule has 0 amide bonds. The highest BCUT2D eigenvalue weighted by Crippen LogP contribution is 2.28. The van der Waals surface area contributed by atoms with Crippen LogP contribution in [0, 0.1) is 0 Å². The van der Waals surface area contributed by atoms with Crippen molar-refractivity contribution in [3.63, 3.8) is 0 Å². The highest BCUT2D eigenvalue weighted by molar-refractivity contribution is 5.37. The summed E-state index contributed by atoms with van der Waals surface area (Å²) in [5.41, 5.74) is -1.91. The molecule has 1 aromatic rings. The molecule has 0 radical (unpaired) electrons. The number of aromatic hydroxyl groups is 1. The van der Waals surface area contributed by atoms with Gasteiger partial charge in [0.2, 0.25) is 0 Å². The van der Waals surface area contributed by atoms with Crippen LogP contribution in [0.2, 0.25) is 0 Å². The number of aliphatic hydroxyl groups is 1. The van der Waals surface area contributed by atoms with Crippen molar-refractivity contribution in [2.45, 2.75) is 13.0 Å². The van der Waals surface area contributed by atoms with Gasteiger partial charge in [-0.1, -0.05) is 0 Å². The molecule has 0 spiro atoms. The lowest BCUT2D eigenvalue weighted by atomic mass is 10.2. The summed E-state index contributed by atoms with van der Waals surface area (Å²) in [7, 11) is 0. The molecule has 0 aliphatic carbocycles. The third-order valence-electron chi connectivity index (χ3n) is 1.59. The maximum Gasteiger partial charge on any atom is 0.268 e. The molecule has 0 aliphatic rings. The van der Waals surface area contributed by atoms with Crippen LogP contribution in [-0.2, 0) is 6.61 Å². The highest BCUT2D eigenvalue weighted by atomic mass is 19.3. The summed E-state index contributed by atoms with van der Waals surface area (Å²) in [6, 6.07) is 0. The van der Waals surface area contributed by atoms with E-state index < -0.39 is 35.5 Å². The predicted molar refractivity (Wildman–Crippen MR) is 39.6 cm³/mol. The second kappa shape index (κ2) is 3.53. The first-order valence-corrected chi connectivity index (χ1v) is 3.40. The van der Waals surface area contributed by atoms with E-state index >= 15 is 0 Å². The van der Waals surface area contributed by atoms with Crippen LogP contribution < -0.4 is 5.56 Å². The van der Waals surface area contributed by atoms with Gasteiger partial charge in [0, 0.05) is 6.20 Å². The molecule has 0 unspecified atom stereocenters. The lowest BCUT2D eigenvalue weighted by Gasteiger charge is -2.05. The van der Waals surface area contributed by atoms with Gasteiger partial charge in [-0.05, 0) is 0 Å². The van der Waals surface area contributed by atoms with Gasteiger partial charge in [-0.3, -0.25) is 4.79 Å². The van der Waals surface area contributed by atoms with E-state index in [1.165, 1.54) is 0 Å². The fourth-order valence-corrected chi connectivity index (χ4v) is 0.894. The SMILES string of the molecule is O=c1[nH]cc(C(F)F)c(O)c1CO. The van der Waals surface area contributed by atoms with Gasteiger partial charge in [-0.2, -0.15) is 0 Å². The van der Waals surface area contributed by atoms with Crippen molar-refractivity contribution in [2.75, 3.05) is 0 Å². The molecule has 0 atom stereocenters. The van der Waals surface area contributed by atoms with Crippen LogP contribution in [0.3, 0.4) is 0 Å². The zero-order valence-corrected chi connectivity index (χ0v) is 6.42. The van der Waals surface area contributed by atoms with Crippen LogP contribution in [0.5, 0.6) is 5.75 Å². The fraction of sp³-hybridized carbons (Fsp3) is 0.286. The molecular formula is C7H7F2NO3. The number of hydrogen-bond acceptors (Lipinski definition) is 3. The van der Waals surface area contributed by atoms with Crippen LogP contribution >= 0.6 is 0 Å². The molecular weight excluding hydrogens is 184 g/mol. The number of H-pyrrole nitrogens is 1. The van der Waals surface area contributed by atoms with Crippen LogP contribution in [0.15, 0.2) is 11.0 Å². The Balaban J connectivity index is 3.36. The molecule has 0 fully saturated rings. The smallest absolute Gasteiger partial charge is 0.268 e. The minimum absolute atomic E-state index is 0.446. The van der Waals surface area contributed by atoms with Gasteiger partial charge < -0.3 is 15.2 Å². The molecule has 0 saturated heterocycles. The minimum Gasteiger partial charge on any atom is -0.507 e. The molecule has 1 aromatic heterocycles. The maximum absolute atomic E-state index is 12.1. The van der Waals surface area contributed by atoms with Crippen molar-refractivity contribution in [1.82, 2.24) is 4.98 Å². The number of alkyl halides is 2. The summed E-state index contributed by atoms with van der Waals surface area (Å²) in [5.74, 6) is -0.846. The summed E-state index contributed by atoms with van der Waals surface area (Å²) < 4.78 is 24.2. The topological polar surface area (TPSA) is 73.3 Å². The summed E-state index contributed by atoms with van der Waals surface area (Å²) >= 11 is 0. The Morgan fingerprint density at radius 2 is 2.15 bits per heavy atom. The van der Waals surface area contributed by atoms with Gasteiger partial charge in [0.1, 0.15) is 5.75 Å². The van der Waals surface area contributed by atoms with Crippen molar-refractivity contribution in [1.29, 1.82) is 0 Å². The normalized spacial score (nSPS) is 10.8. The van der Waals surface area contributed by atoms with E-state index in [1.807, 2.05) is 4.98 Å². The molecule has 72 valence electrons. The second-order valence-corrected chi connectivity index (χ2v) is 2.36. The van der Waals surface area contributed by atoms with Gasteiger partial charge in [-0.15, -0.1) is 0 Å². The molecule has 0 aromatic carbocycles. The summed E-state index contributed by atoms with van der Waals surface area (Å²) in [6.07, 6.45) is -2.16. The Morgan fingerprint density at radius 3 is 2.62 bits per heavy atom. The maximum atomic E-state index is 12.1. The third-order valence-corrected chi connectivity index (χ3v) is 1.59. The highest BCUT2D eigenvalue weighted by Gasteiger charge is 2.17. The van der Waals surface area contributed by atoms with Crippen molar-refractivity contribution in [3.05, 3.63) is 27.7 Å². The van der Waals surface area contributed by atoms with Crippen LogP contribution in [0.25, 0.3) is 0 Å². The van der Waals surface area contributed by atoms with E-state index in [0.717, 1.165) is 6.20 Å². The number of nitrogens with one attached hydrogen (secondary N) is 1. The van der Waals surface area contributed by atoms with E-state index in [4.69, 9.17) is 10.2 Å². The molecule has 0 saturated carbocycles. The predicted octanol–water partition coefficient (Wildman–Crippen LogP) is 0.510. The van der Waals surface area contributed by atoms with Gasteiger partial charge in [0.05, 0.1) is 17.7 Å². The minimum atomic E-state index is -2.89. The average Bonchev–Trinajstić information content (AvgIpc) is 2.04. The number of rotatable bonds is 2. The molecule has 1 heterocycles. The Morgan fingerprint density at radius 1 is 1.54 bits per heavy atom. The van der Waals surface area contributed by atoms with Gasteiger partial charge >= 0.3 is 0 Å². The first kappa shape index (κ1) is 9.66. The van der Waals surface area contributed by atoms with Gasteiger partial charge in [-0.25, -0.2) is 8.78 Å². The Kier molecular flexibility index (Phi) is 2.62. The Hall–Kier alpha value is -1.43. The number of hydrogen-bond donors (Lipinski definition) is 3. The number of halogens is 2. The number of aromatic nitrogens is 1. The zero-order chi connectivity index (χ0) is 10.0. The van der Waals surface area contributed by atoms with Crippen LogP contribution in [0.4, 0.5) is 8.78 Å². The van der Waals surface area contributed by atoms with Crippen LogP contribution in [0.1, 0.15) is 17.6 Å². The van der Waals surface area contributed by atoms with Gasteiger partial charge in [0.15, 0.2) is 0 Å². The van der Waals surface area contributed by atoms with Crippen LogP contribution in [-0.4, -0.2) is 15.2 Å². The van der Waals surface area contributed by atoms with E-state index in [1.54, 1.807) is 0 Å². The van der Waals surface area contributed by atoms with E-state index in [9.17, 15) is 13.6 Å². The standard InChI is InChI=1S/C7H7F2NO3/c8-6(9)3-1-10-7(13)4(2-11)5(3)12/h1,6,11H,2H2,(H2,10,12,13). The van der Waals surface area contributed by atoms with E-state index in [2.05, 4.69) is 0 Å². The monoisotopic (exact) mass is 191 g/mol.